The Bertz CT molecular complexity index is 989. The van der Waals surface area contributed by atoms with Crippen LogP contribution in [0.2, 0.25) is 0 Å². The Morgan fingerprint density at radius 1 is 1.27 bits per heavy atom. The zero-order chi connectivity index (χ0) is 25.6. The number of carbonyl (C=O) groups excluding carboxylic acids is 1. The molecule has 0 aliphatic carbocycles. The van der Waals surface area contributed by atoms with Gasteiger partial charge in [-0.05, 0) is 13.8 Å². The van der Waals surface area contributed by atoms with E-state index >= 15 is 4.39 Å². The van der Waals surface area contributed by atoms with Crippen molar-refractivity contribution in [1.29, 1.82) is 0 Å². The highest BCUT2D eigenvalue weighted by Crippen LogP contribution is 2.67. The molecule has 2 heterocycles. The molecule has 0 spiro atoms. The normalized spacial score (nSPS) is 32.4. The molecule has 0 aromatic carbocycles. The number of ether oxygens (including phenoxy) is 1. The van der Waals surface area contributed by atoms with E-state index in [1.54, 1.807) is 0 Å². The molecule has 1 fully saturated rings. The van der Waals surface area contributed by atoms with Gasteiger partial charge < -0.3 is 34.7 Å². The zero-order valence-electron chi connectivity index (χ0n) is 16.7. The largest absolute Gasteiger partial charge is 0.490 e. The molecule has 0 radical (unpaired) electrons. The summed E-state index contributed by atoms with van der Waals surface area (Å²) in [7, 11) is -17.2. The number of halogens is 2. The minimum Gasteiger partial charge on any atom is -0.387 e. The van der Waals surface area contributed by atoms with Gasteiger partial charge in [0.05, 0.1) is 0 Å². The van der Waals surface area contributed by atoms with Gasteiger partial charge >= 0.3 is 23.5 Å². The van der Waals surface area contributed by atoms with Crippen LogP contribution in [0.25, 0.3) is 0 Å². The maximum absolute atomic E-state index is 15.4. The number of aliphatic hydroxyl groups excluding tert-OH is 1. The maximum atomic E-state index is 15.4. The van der Waals surface area contributed by atoms with E-state index in [0.29, 0.717) is 11.2 Å². The number of aliphatic hydroxyl groups is 1. The number of phosphoric ester groups is 1. The lowest BCUT2D eigenvalue weighted by Gasteiger charge is -2.34. The zero-order valence-corrected chi connectivity index (χ0v) is 19.4. The predicted octanol–water partition coefficient (Wildman–Crippen LogP) is -0.239. The summed E-state index contributed by atoms with van der Waals surface area (Å²) in [4.78, 5) is 47.4. The standard InChI is InChI=1S/C12H20F2N3O13P3/c1-6-16-7(18)4-15-17(6)10-12(14,5-13)8(19)9(27-10)11(2,3)28-32(23,24)30-33(25,26)29-31(20,21)22/h4,8-10,19H,1,5H2,2-3H3,(H,16,18)(H,23,24)(H,25,26)(H2,20,21,22)/t8-,9-,10+,12?/m0/s1. The average molecular weight is 545 g/mol. The lowest BCUT2D eigenvalue weighted by atomic mass is 9.89. The monoisotopic (exact) mass is 545 g/mol. The van der Waals surface area contributed by atoms with E-state index < -0.39 is 65.8 Å². The molecule has 16 nitrogen and oxygen atoms in total. The molecule has 0 aromatic rings. The molecule has 6 N–H and O–H groups in total. The van der Waals surface area contributed by atoms with Crippen LogP contribution in [0.4, 0.5) is 8.78 Å². The topological polar surface area (TPSA) is 234 Å². The number of nitrogens with zero attached hydrogens (tertiary/aromatic N) is 2. The van der Waals surface area contributed by atoms with Crippen molar-refractivity contribution < 1.29 is 69.8 Å². The molecular weight excluding hydrogens is 525 g/mol. The molecule has 2 aliphatic rings. The van der Waals surface area contributed by atoms with E-state index in [1.807, 2.05) is 0 Å². The molecule has 21 heteroatoms. The van der Waals surface area contributed by atoms with Crippen molar-refractivity contribution in [2.75, 3.05) is 6.67 Å². The number of nitrogens with one attached hydrogen (secondary N) is 1. The molecule has 0 saturated carbocycles. The van der Waals surface area contributed by atoms with Crippen molar-refractivity contribution in [2.45, 2.75) is 43.6 Å². The first-order valence-corrected chi connectivity index (χ1v) is 13.0. The lowest BCUT2D eigenvalue weighted by Crippen LogP contribution is -2.55. The van der Waals surface area contributed by atoms with Crippen LogP contribution in [0, 0.1) is 0 Å². The van der Waals surface area contributed by atoms with Crippen LogP contribution in [0.15, 0.2) is 17.5 Å². The van der Waals surface area contributed by atoms with Gasteiger partial charge in [0.15, 0.2) is 6.23 Å². The molecule has 3 unspecified atom stereocenters. The Morgan fingerprint density at radius 2 is 1.85 bits per heavy atom. The molecule has 0 aromatic heterocycles. The molecule has 2 aliphatic heterocycles. The van der Waals surface area contributed by atoms with E-state index in [9.17, 15) is 37.8 Å². The molecule has 0 bridgehead atoms. The number of rotatable bonds is 9. The Labute approximate surface area is 184 Å². The molecular formula is C12H20F2N3O13P3. The van der Waals surface area contributed by atoms with Crippen LogP contribution in [0.5, 0.6) is 0 Å². The highest BCUT2D eigenvalue weighted by Gasteiger charge is 2.65. The van der Waals surface area contributed by atoms with Crippen LogP contribution >= 0.6 is 23.5 Å². The third-order valence-electron chi connectivity index (χ3n) is 4.19. The molecule has 190 valence electrons. The SMILES string of the molecule is C=C1NC(=O)C=NN1[C@@H]1O[C@H](C(C)(C)OP(=O)(O)OP(=O)(O)OP(=O)(O)O)[C@H](O)C1(F)CF. The van der Waals surface area contributed by atoms with Crippen molar-refractivity contribution >= 4 is 35.6 Å². The second kappa shape index (κ2) is 9.15. The fourth-order valence-corrected chi connectivity index (χ4v) is 6.28. The van der Waals surface area contributed by atoms with Crippen molar-refractivity contribution in [3.05, 3.63) is 12.4 Å². The van der Waals surface area contributed by atoms with Gasteiger partial charge in [0.1, 0.15) is 36.5 Å². The summed E-state index contributed by atoms with van der Waals surface area (Å²) in [5, 5.41) is 16.7. The molecule has 1 amide bonds. The number of phosphoric acid groups is 3. The highest BCUT2D eigenvalue weighted by atomic mass is 31.3. The number of amides is 1. The number of carbonyl (C=O) groups is 1. The summed E-state index contributed by atoms with van der Waals surface area (Å²) >= 11 is 0. The molecule has 33 heavy (non-hydrogen) atoms. The smallest absolute Gasteiger partial charge is 0.387 e. The minimum atomic E-state index is -5.87. The molecule has 2 rings (SSSR count). The van der Waals surface area contributed by atoms with Crippen molar-refractivity contribution in [2.24, 2.45) is 5.10 Å². The van der Waals surface area contributed by atoms with E-state index in [2.05, 4.69) is 30.1 Å². The van der Waals surface area contributed by atoms with Gasteiger partial charge in [0.25, 0.3) is 5.91 Å². The summed E-state index contributed by atoms with van der Waals surface area (Å²) in [6, 6.07) is 0. The van der Waals surface area contributed by atoms with Crippen molar-refractivity contribution in [3.63, 3.8) is 0 Å². The third-order valence-corrected chi connectivity index (χ3v) is 8.22. The average Bonchev–Trinajstić information content (AvgIpc) is 2.83. The second-order valence-corrected chi connectivity index (χ2v) is 11.6. The first-order chi connectivity index (χ1) is 14.7. The van der Waals surface area contributed by atoms with Gasteiger partial charge in [-0.1, -0.05) is 6.58 Å². The highest BCUT2D eigenvalue weighted by molar-refractivity contribution is 7.66. The summed E-state index contributed by atoms with van der Waals surface area (Å²) in [5.41, 5.74) is -5.54. The van der Waals surface area contributed by atoms with Gasteiger partial charge in [-0.2, -0.15) is 13.7 Å². The number of alkyl halides is 2. The van der Waals surface area contributed by atoms with Crippen LogP contribution in [-0.2, 0) is 36.4 Å². The Morgan fingerprint density at radius 3 is 2.33 bits per heavy atom. The van der Waals surface area contributed by atoms with E-state index in [0.717, 1.165) is 13.8 Å². The summed E-state index contributed by atoms with van der Waals surface area (Å²) in [5.74, 6) is -1.11. The fraction of sp³-hybridized carbons (Fsp3) is 0.667. The molecule has 1 saturated heterocycles. The van der Waals surface area contributed by atoms with Gasteiger partial charge in [-0.3, -0.25) is 9.32 Å². The molecule has 6 atom stereocenters. The predicted molar refractivity (Wildman–Crippen MR) is 101 cm³/mol. The van der Waals surface area contributed by atoms with Crippen molar-refractivity contribution in [1.82, 2.24) is 10.3 Å². The van der Waals surface area contributed by atoms with E-state index in [4.69, 9.17) is 14.5 Å². The third kappa shape index (κ3) is 6.51. The lowest BCUT2D eigenvalue weighted by molar-refractivity contribution is -0.139. The Hall–Kier alpha value is -1.13. The maximum Gasteiger partial charge on any atom is 0.490 e. The van der Waals surface area contributed by atoms with Crippen LogP contribution in [-0.4, -0.2) is 78.2 Å². The summed E-state index contributed by atoms with van der Waals surface area (Å²) < 4.78 is 80.5. The van der Waals surface area contributed by atoms with Gasteiger partial charge in [-0.25, -0.2) is 27.5 Å². The first kappa shape index (κ1) is 28.1. The first-order valence-electron chi connectivity index (χ1n) is 8.49. The second-order valence-electron chi connectivity index (χ2n) is 7.23. The quantitative estimate of drug-likeness (QED) is 0.205. The summed E-state index contributed by atoms with van der Waals surface area (Å²) in [6.45, 7) is 3.35. The van der Waals surface area contributed by atoms with Crippen molar-refractivity contribution in [3.8, 4) is 0 Å². The van der Waals surface area contributed by atoms with Gasteiger partial charge in [0, 0.05) is 0 Å². The number of hydrogen-bond acceptors (Lipinski definition) is 11. The number of hydrogen-bond donors (Lipinski definition) is 6. The fourth-order valence-electron chi connectivity index (χ4n) is 2.94. The summed E-state index contributed by atoms with van der Waals surface area (Å²) in [6.07, 6.45) is -5.78. The van der Waals surface area contributed by atoms with Crippen LogP contribution in [0.3, 0.4) is 0 Å². The van der Waals surface area contributed by atoms with Crippen LogP contribution < -0.4 is 5.32 Å². The number of hydrazone groups is 1. The minimum absolute atomic E-state index is 0.360. The van der Waals surface area contributed by atoms with E-state index in [-0.39, 0.29) is 5.82 Å². The van der Waals surface area contributed by atoms with Gasteiger partial charge in [0.2, 0.25) is 5.67 Å². The van der Waals surface area contributed by atoms with Gasteiger partial charge in [-0.15, -0.1) is 0 Å². The Balaban J connectivity index is 2.29. The van der Waals surface area contributed by atoms with E-state index in [1.165, 1.54) is 0 Å². The Kier molecular flexibility index (Phi) is 7.79. The van der Waals surface area contributed by atoms with Crippen LogP contribution in [0.1, 0.15) is 13.8 Å².